The molecule has 1 saturated heterocycles. The van der Waals surface area contributed by atoms with Crippen LogP contribution < -0.4 is 5.32 Å². The normalized spacial score (nSPS) is 19.4. The summed E-state index contributed by atoms with van der Waals surface area (Å²) in [6, 6.07) is 3.39. The highest BCUT2D eigenvalue weighted by Gasteiger charge is 2.21. The number of nitrogens with zero attached hydrogens (tertiary/aromatic N) is 1. The maximum atomic E-state index is 12.2. The minimum absolute atomic E-state index is 0.119. The van der Waals surface area contributed by atoms with Gasteiger partial charge in [-0.05, 0) is 46.8 Å². The Labute approximate surface area is 131 Å². The second kappa shape index (κ2) is 6.33. The maximum absolute atomic E-state index is 12.2. The van der Waals surface area contributed by atoms with Crippen LogP contribution in [-0.4, -0.2) is 24.0 Å². The van der Waals surface area contributed by atoms with Gasteiger partial charge >= 0.3 is 6.03 Å². The summed E-state index contributed by atoms with van der Waals surface area (Å²) in [5.74, 6) is 0.545. The Kier molecular flexibility index (Phi) is 4.98. The summed E-state index contributed by atoms with van der Waals surface area (Å²) in [6.45, 7) is 3.73. The number of nitrogens with one attached hydrogen (secondary N) is 1. The van der Waals surface area contributed by atoms with E-state index in [2.05, 4.69) is 28.2 Å². The van der Waals surface area contributed by atoms with E-state index < -0.39 is 0 Å². The zero-order valence-corrected chi connectivity index (χ0v) is 13.6. The fraction of sp³-hybridized carbons (Fsp3) is 0.462. The van der Waals surface area contributed by atoms with Gasteiger partial charge in [-0.3, -0.25) is 0 Å². The van der Waals surface area contributed by atoms with Crippen molar-refractivity contribution in [1.29, 1.82) is 0 Å². The van der Waals surface area contributed by atoms with Gasteiger partial charge in [-0.1, -0.05) is 30.1 Å². The number of likely N-dealkylation sites (tertiary alicyclic amines) is 1. The molecule has 0 radical (unpaired) electrons. The zero-order valence-electron chi connectivity index (χ0n) is 10.5. The highest BCUT2D eigenvalue weighted by molar-refractivity contribution is 9.10. The molecule has 1 aromatic rings. The zero-order chi connectivity index (χ0) is 14.0. The average Bonchev–Trinajstić information content (AvgIpc) is 2.39. The van der Waals surface area contributed by atoms with Crippen molar-refractivity contribution in [1.82, 2.24) is 4.90 Å². The van der Waals surface area contributed by atoms with Gasteiger partial charge in [0.05, 0.1) is 15.7 Å². The molecule has 1 aliphatic heterocycles. The summed E-state index contributed by atoms with van der Waals surface area (Å²) < 4.78 is 0.712. The van der Waals surface area contributed by atoms with Crippen LogP contribution in [0.15, 0.2) is 16.6 Å². The molecule has 2 rings (SSSR count). The molecule has 0 bridgehead atoms. The Balaban J connectivity index is 2.08. The van der Waals surface area contributed by atoms with E-state index in [1.807, 2.05) is 4.90 Å². The standard InChI is InChI=1S/C13H15BrCl2N2O/c1-8-3-2-6-18(7-8)13(19)17-10-5-4-9(14)11(15)12(10)16/h4-5,8H,2-3,6-7H2,1H3,(H,17,19). The molecule has 1 aliphatic rings. The largest absolute Gasteiger partial charge is 0.324 e. The van der Waals surface area contributed by atoms with Crippen LogP contribution in [0.3, 0.4) is 0 Å². The van der Waals surface area contributed by atoms with Crippen molar-refractivity contribution in [2.45, 2.75) is 19.8 Å². The second-order valence-corrected chi connectivity index (χ2v) is 6.46. The van der Waals surface area contributed by atoms with Crippen molar-refractivity contribution in [3.63, 3.8) is 0 Å². The van der Waals surface area contributed by atoms with Crippen LogP contribution in [-0.2, 0) is 0 Å². The summed E-state index contributed by atoms with van der Waals surface area (Å²) in [4.78, 5) is 14.0. The van der Waals surface area contributed by atoms with Crippen molar-refractivity contribution in [3.8, 4) is 0 Å². The summed E-state index contributed by atoms with van der Waals surface area (Å²) in [7, 11) is 0. The monoisotopic (exact) mass is 364 g/mol. The minimum atomic E-state index is -0.119. The number of anilines is 1. The summed E-state index contributed by atoms with van der Waals surface area (Å²) in [5, 5.41) is 3.58. The Morgan fingerprint density at radius 2 is 2.16 bits per heavy atom. The third-order valence-electron chi connectivity index (χ3n) is 3.22. The lowest BCUT2D eigenvalue weighted by atomic mass is 10.0. The highest BCUT2D eigenvalue weighted by atomic mass is 79.9. The Morgan fingerprint density at radius 1 is 1.42 bits per heavy atom. The molecule has 1 fully saturated rings. The predicted molar refractivity (Wildman–Crippen MR) is 83.2 cm³/mol. The number of benzene rings is 1. The number of piperidine rings is 1. The first kappa shape index (κ1) is 14.9. The molecular formula is C13H15BrCl2N2O. The fourth-order valence-electron chi connectivity index (χ4n) is 2.19. The van der Waals surface area contributed by atoms with E-state index in [1.54, 1.807) is 12.1 Å². The van der Waals surface area contributed by atoms with Crippen molar-refractivity contribution in [3.05, 3.63) is 26.7 Å². The topological polar surface area (TPSA) is 32.3 Å². The second-order valence-electron chi connectivity index (χ2n) is 4.85. The van der Waals surface area contributed by atoms with Gasteiger partial charge in [0.15, 0.2) is 0 Å². The molecule has 0 saturated carbocycles. The first-order valence-electron chi connectivity index (χ1n) is 6.18. The number of rotatable bonds is 1. The predicted octanol–water partition coefficient (Wildman–Crippen LogP) is 5.02. The quantitative estimate of drug-likeness (QED) is 0.696. The Hall–Kier alpha value is -0.450. The molecule has 3 nitrogen and oxygen atoms in total. The number of urea groups is 1. The van der Waals surface area contributed by atoms with Gasteiger partial charge in [-0.2, -0.15) is 0 Å². The molecule has 19 heavy (non-hydrogen) atoms. The van der Waals surface area contributed by atoms with Crippen molar-refractivity contribution < 1.29 is 4.79 Å². The molecule has 0 aromatic heterocycles. The van der Waals surface area contributed by atoms with Gasteiger partial charge in [0.25, 0.3) is 0 Å². The molecule has 1 atom stereocenters. The maximum Gasteiger partial charge on any atom is 0.321 e. The molecule has 1 aromatic carbocycles. The Bertz CT molecular complexity index is 496. The van der Waals surface area contributed by atoms with Gasteiger partial charge < -0.3 is 10.2 Å². The lowest BCUT2D eigenvalue weighted by Crippen LogP contribution is -2.41. The molecule has 1 N–H and O–H groups in total. The molecule has 0 spiro atoms. The lowest BCUT2D eigenvalue weighted by Gasteiger charge is -2.31. The van der Waals surface area contributed by atoms with Gasteiger partial charge in [0.1, 0.15) is 0 Å². The van der Waals surface area contributed by atoms with Gasteiger partial charge in [-0.15, -0.1) is 0 Å². The van der Waals surface area contributed by atoms with Gasteiger partial charge in [0.2, 0.25) is 0 Å². The van der Waals surface area contributed by atoms with Crippen LogP contribution in [0, 0.1) is 5.92 Å². The van der Waals surface area contributed by atoms with E-state index in [0.29, 0.717) is 26.1 Å². The number of amides is 2. The van der Waals surface area contributed by atoms with Crippen LogP contribution >= 0.6 is 39.1 Å². The molecular weight excluding hydrogens is 351 g/mol. The van der Waals surface area contributed by atoms with Gasteiger partial charge in [0, 0.05) is 17.6 Å². The third kappa shape index (κ3) is 3.56. The van der Waals surface area contributed by atoms with Crippen molar-refractivity contribution in [2.24, 2.45) is 5.92 Å². The number of carbonyl (C=O) groups excluding carboxylic acids is 1. The number of halogens is 3. The summed E-state index contributed by atoms with van der Waals surface area (Å²) >= 11 is 15.4. The molecule has 6 heteroatoms. The van der Waals surface area contributed by atoms with Crippen LogP contribution in [0.4, 0.5) is 10.5 Å². The lowest BCUT2D eigenvalue weighted by molar-refractivity contribution is 0.182. The number of carbonyl (C=O) groups is 1. The van der Waals surface area contributed by atoms with E-state index in [-0.39, 0.29) is 6.03 Å². The SMILES string of the molecule is CC1CCCN(C(=O)Nc2ccc(Br)c(Cl)c2Cl)C1. The van der Waals surface area contributed by atoms with E-state index in [0.717, 1.165) is 19.5 Å². The number of hydrogen-bond acceptors (Lipinski definition) is 1. The van der Waals surface area contributed by atoms with Crippen molar-refractivity contribution >= 4 is 50.9 Å². The molecule has 1 unspecified atom stereocenters. The smallest absolute Gasteiger partial charge is 0.321 e. The average molecular weight is 366 g/mol. The highest BCUT2D eigenvalue weighted by Crippen LogP contribution is 2.36. The molecule has 104 valence electrons. The van der Waals surface area contributed by atoms with Crippen LogP contribution in [0.2, 0.25) is 10.0 Å². The van der Waals surface area contributed by atoms with Crippen LogP contribution in [0.25, 0.3) is 0 Å². The van der Waals surface area contributed by atoms with E-state index in [1.165, 1.54) is 6.42 Å². The minimum Gasteiger partial charge on any atom is -0.324 e. The molecule has 2 amide bonds. The fourth-order valence-corrected chi connectivity index (χ4v) is 3.01. The Morgan fingerprint density at radius 3 is 2.84 bits per heavy atom. The van der Waals surface area contributed by atoms with E-state index >= 15 is 0 Å². The van der Waals surface area contributed by atoms with Crippen LogP contribution in [0.1, 0.15) is 19.8 Å². The van der Waals surface area contributed by atoms with Crippen LogP contribution in [0.5, 0.6) is 0 Å². The van der Waals surface area contributed by atoms with Crippen molar-refractivity contribution in [2.75, 3.05) is 18.4 Å². The van der Waals surface area contributed by atoms with E-state index in [4.69, 9.17) is 23.2 Å². The van der Waals surface area contributed by atoms with E-state index in [9.17, 15) is 4.79 Å². The third-order valence-corrected chi connectivity index (χ3v) is 4.99. The number of hydrogen-bond donors (Lipinski definition) is 1. The summed E-state index contributed by atoms with van der Waals surface area (Å²) in [6.07, 6.45) is 2.22. The first-order chi connectivity index (χ1) is 8.99. The molecule has 1 heterocycles. The summed E-state index contributed by atoms with van der Waals surface area (Å²) in [5.41, 5.74) is 0.540. The first-order valence-corrected chi connectivity index (χ1v) is 7.73. The van der Waals surface area contributed by atoms with Gasteiger partial charge in [-0.25, -0.2) is 4.79 Å². The molecule has 0 aliphatic carbocycles.